The molecule has 1 aliphatic carbocycles. The molecule has 182 valence electrons. The number of fused-ring (bicyclic) bond motifs is 1. The zero-order valence-electron chi connectivity index (χ0n) is 19.4. The minimum atomic E-state index is -0.682. The van der Waals surface area contributed by atoms with E-state index in [-0.39, 0.29) is 13.3 Å². The van der Waals surface area contributed by atoms with Gasteiger partial charge in [0.25, 0.3) is 0 Å². The van der Waals surface area contributed by atoms with E-state index in [1.807, 2.05) is 0 Å². The molecule has 1 aliphatic heterocycles. The Hall–Kier alpha value is -2.37. The molecule has 0 radical (unpaired) electrons. The SMILES string of the molecule is C.CCc1cc(OCc2cc3cc(CN4CC(C(=O)O)C4)ccc3s2)ccc1C1CCCCC1. The van der Waals surface area contributed by atoms with E-state index in [9.17, 15) is 4.79 Å². The van der Waals surface area contributed by atoms with Crippen molar-refractivity contribution in [2.24, 2.45) is 5.92 Å². The summed E-state index contributed by atoms with van der Waals surface area (Å²) < 4.78 is 7.48. The molecule has 0 atom stereocenters. The molecule has 4 nitrogen and oxygen atoms in total. The highest BCUT2D eigenvalue weighted by atomic mass is 32.1. The van der Waals surface area contributed by atoms with Crippen LogP contribution in [0.4, 0.5) is 0 Å². The molecule has 2 fully saturated rings. The molecule has 5 rings (SSSR count). The highest BCUT2D eigenvalue weighted by Crippen LogP contribution is 2.36. The van der Waals surface area contributed by atoms with Crippen molar-refractivity contribution in [2.75, 3.05) is 13.1 Å². The maximum absolute atomic E-state index is 11.0. The van der Waals surface area contributed by atoms with Gasteiger partial charge in [-0.15, -0.1) is 11.3 Å². The molecule has 2 heterocycles. The number of hydrogen-bond acceptors (Lipinski definition) is 4. The van der Waals surface area contributed by atoms with Crippen molar-refractivity contribution in [2.45, 2.75) is 71.9 Å². The third-order valence-electron chi connectivity index (χ3n) is 7.27. The Bertz CT molecular complexity index is 1130. The highest BCUT2D eigenvalue weighted by molar-refractivity contribution is 7.19. The lowest BCUT2D eigenvalue weighted by molar-refractivity contribution is -0.147. The Labute approximate surface area is 207 Å². The molecular weight excluding hydrogens is 442 g/mol. The van der Waals surface area contributed by atoms with Gasteiger partial charge >= 0.3 is 5.97 Å². The van der Waals surface area contributed by atoms with Crippen molar-refractivity contribution < 1.29 is 14.6 Å². The largest absolute Gasteiger partial charge is 0.488 e. The molecule has 3 aromatic rings. The summed E-state index contributed by atoms with van der Waals surface area (Å²) >= 11 is 1.79. The molecule has 1 N–H and O–H groups in total. The summed E-state index contributed by atoms with van der Waals surface area (Å²) in [5.41, 5.74) is 4.22. The summed E-state index contributed by atoms with van der Waals surface area (Å²) in [6.07, 6.45) is 7.82. The first-order chi connectivity index (χ1) is 16.1. The van der Waals surface area contributed by atoms with Crippen LogP contribution in [0.1, 0.15) is 73.9 Å². The van der Waals surface area contributed by atoms with Crippen molar-refractivity contribution in [3.63, 3.8) is 0 Å². The number of thiophene rings is 1. The first kappa shape index (κ1) is 24.7. The lowest BCUT2D eigenvalue weighted by atomic mass is 9.81. The fourth-order valence-corrected chi connectivity index (χ4v) is 6.33. The van der Waals surface area contributed by atoms with Crippen LogP contribution in [0.3, 0.4) is 0 Å². The normalized spacial score (nSPS) is 17.3. The van der Waals surface area contributed by atoms with Crippen molar-refractivity contribution in [1.29, 1.82) is 0 Å². The molecule has 34 heavy (non-hydrogen) atoms. The van der Waals surface area contributed by atoms with E-state index in [4.69, 9.17) is 9.84 Å². The minimum absolute atomic E-state index is 0. The van der Waals surface area contributed by atoms with Crippen molar-refractivity contribution in [1.82, 2.24) is 4.90 Å². The number of carbonyl (C=O) groups is 1. The number of benzene rings is 2. The molecular formula is C29H37NO3S. The maximum Gasteiger partial charge on any atom is 0.309 e. The number of aliphatic carboxylic acids is 1. The van der Waals surface area contributed by atoms with Gasteiger partial charge in [0, 0.05) is 29.2 Å². The molecule has 5 heteroatoms. The monoisotopic (exact) mass is 479 g/mol. The first-order valence-electron chi connectivity index (χ1n) is 12.3. The van der Waals surface area contributed by atoms with Crippen LogP contribution in [0.25, 0.3) is 10.1 Å². The highest BCUT2D eigenvalue weighted by Gasteiger charge is 2.32. The number of ether oxygens (including phenoxy) is 1. The second kappa shape index (κ2) is 10.9. The molecule has 0 bridgehead atoms. The molecule has 1 saturated carbocycles. The van der Waals surface area contributed by atoms with Gasteiger partial charge in [0.1, 0.15) is 12.4 Å². The number of nitrogens with zero attached hydrogens (tertiary/aromatic N) is 1. The third-order valence-corrected chi connectivity index (χ3v) is 8.36. The summed E-state index contributed by atoms with van der Waals surface area (Å²) in [7, 11) is 0. The summed E-state index contributed by atoms with van der Waals surface area (Å²) in [6.45, 7) is 4.95. The molecule has 2 aliphatic rings. The lowest BCUT2D eigenvalue weighted by Crippen LogP contribution is -2.49. The van der Waals surface area contributed by atoms with E-state index in [1.54, 1.807) is 11.3 Å². The van der Waals surface area contributed by atoms with Gasteiger partial charge in [0.2, 0.25) is 0 Å². The van der Waals surface area contributed by atoms with Crippen LogP contribution in [0.2, 0.25) is 0 Å². The lowest BCUT2D eigenvalue weighted by Gasteiger charge is -2.36. The predicted molar refractivity (Wildman–Crippen MR) is 141 cm³/mol. The Morgan fingerprint density at radius 3 is 2.62 bits per heavy atom. The van der Waals surface area contributed by atoms with Crippen LogP contribution in [0.15, 0.2) is 42.5 Å². The number of carboxylic acids is 1. The van der Waals surface area contributed by atoms with Crippen LogP contribution in [-0.2, 0) is 24.4 Å². The Morgan fingerprint density at radius 2 is 1.88 bits per heavy atom. The zero-order valence-corrected chi connectivity index (χ0v) is 20.2. The second-order valence-corrected chi connectivity index (χ2v) is 10.8. The number of hydrogen-bond donors (Lipinski definition) is 1. The second-order valence-electron chi connectivity index (χ2n) is 9.65. The van der Waals surface area contributed by atoms with E-state index >= 15 is 0 Å². The number of carboxylic acid groups (broad SMARTS) is 1. The molecule has 0 amide bonds. The molecule has 0 spiro atoms. The molecule has 1 saturated heterocycles. The van der Waals surface area contributed by atoms with Gasteiger partial charge in [-0.25, -0.2) is 0 Å². The topological polar surface area (TPSA) is 49.8 Å². The smallest absolute Gasteiger partial charge is 0.309 e. The van der Waals surface area contributed by atoms with Gasteiger partial charge in [0.05, 0.1) is 5.92 Å². The first-order valence-corrected chi connectivity index (χ1v) is 13.1. The minimum Gasteiger partial charge on any atom is -0.488 e. The number of likely N-dealkylation sites (tertiary alicyclic amines) is 1. The average Bonchev–Trinajstić information content (AvgIpc) is 3.22. The average molecular weight is 480 g/mol. The van der Waals surface area contributed by atoms with E-state index in [0.29, 0.717) is 19.7 Å². The number of aryl methyl sites for hydroxylation is 1. The van der Waals surface area contributed by atoms with Crippen LogP contribution in [-0.4, -0.2) is 29.1 Å². The van der Waals surface area contributed by atoms with E-state index < -0.39 is 5.97 Å². The number of rotatable bonds is 8. The van der Waals surface area contributed by atoms with Gasteiger partial charge in [-0.05, 0) is 77.6 Å². The van der Waals surface area contributed by atoms with Crippen LogP contribution in [0.5, 0.6) is 5.75 Å². The summed E-state index contributed by atoms with van der Waals surface area (Å²) in [5, 5.41) is 10.3. The standard InChI is InChI=1S/C28H33NO3S.CH4/c1-2-20-13-24(9-10-26(20)21-6-4-3-5-7-21)32-18-25-14-22-12-19(8-11-27(22)33-25)15-29-16-23(17-29)28(30)31;/h8-14,21,23H,2-7,15-18H2,1H3,(H,30,31);1H4. The van der Waals surface area contributed by atoms with Gasteiger partial charge in [-0.1, -0.05) is 45.7 Å². The fraction of sp³-hybridized carbons (Fsp3) is 0.483. The molecule has 2 aromatic carbocycles. The van der Waals surface area contributed by atoms with E-state index in [2.05, 4.69) is 54.3 Å². The molecule has 1 aromatic heterocycles. The van der Waals surface area contributed by atoms with Crippen LogP contribution < -0.4 is 4.74 Å². The van der Waals surface area contributed by atoms with Crippen LogP contribution in [0, 0.1) is 5.92 Å². The fourth-order valence-electron chi connectivity index (χ4n) is 5.38. The van der Waals surface area contributed by atoms with Crippen molar-refractivity contribution in [3.8, 4) is 5.75 Å². The predicted octanol–water partition coefficient (Wildman–Crippen LogP) is 7.24. The van der Waals surface area contributed by atoms with E-state index in [1.165, 1.54) is 63.8 Å². The van der Waals surface area contributed by atoms with Crippen molar-refractivity contribution in [3.05, 3.63) is 64.0 Å². The van der Waals surface area contributed by atoms with Gasteiger partial charge in [-0.2, -0.15) is 0 Å². The quantitative estimate of drug-likeness (QED) is 0.370. The van der Waals surface area contributed by atoms with Crippen molar-refractivity contribution >= 4 is 27.4 Å². The van der Waals surface area contributed by atoms with Gasteiger partial charge in [-0.3, -0.25) is 9.69 Å². The summed E-state index contributed by atoms with van der Waals surface area (Å²) in [6, 6.07) is 15.5. The summed E-state index contributed by atoms with van der Waals surface area (Å²) in [5.74, 6) is 0.809. The summed E-state index contributed by atoms with van der Waals surface area (Å²) in [4.78, 5) is 14.4. The van der Waals surface area contributed by atoms with Crippen LogP contribution >= 0.6 is 11.3 Å². The third kappa shape index (κ3) is 5.47. The van der Waals surface area contributed by atoms with Gasteiger partial charge < -0.3 is 9.84 Å². The Balaban J connectivity index is 0.00000274. The van der Waals surface area contributed by atoms with Gasteiger partial charge in [0.15, 0.2) is 0 Å². The maximum atomic E-state index is 11.0. The zero-order chi connectivity index (χ0) is 22.8. The Morgan fingerprint density at radius 1 is 1.09 bits per heavy atom. The van der Waals surface area contributed by atoms with E-state index in [0.717, 1.165) is 24.6 Å². The Kier molecular flexibility index (Phi) is 7.95. The molecule has 0 unspecified atom stereocenters.